The zero-order valence-electron chi connectivity index (χ0n) is 13.3. The van der Waals surface area contributed by atoms with Crippen LogP contribution in [0.1, 0.15) is 46.0 Å². The van der Waals surface area contributed by atoms with Gasteiger partial charge in [-0.15, -0.1) is 0 Å². The van der Waals surface area contributed by atoms with Crippen molar-refractivity contribution < 1.29 is 14.7 Å². The van der Waals surface area contributed by atoms with Gasteiger partial charge in [-0.1, -0.05) is 12.8 Å². The highest BCUT2D eigenvalue weighted by atomic mass is 16.4. The highest BCUT2D eigenvalue weighted by Crippen LogP contribution is 2.33. The van der Waals surface area contributed by atoms with E-state index < -0.39 is 11.5 Å². The Hall–Kier alpha value is -1.30. The van der Waals surface area contributed by atoms with E-state index in [-0.39, 0.29) is 18.0 Å². The molecule has 0 aromatic carbocycles. The predicted octanol–water partition coefficient (Wildman–Crippen LogP) is 1.51. The Kier molecular flexibility index (Phi) is 4.46. The minimum Gasteiger partial charge on any atom is -0.481 e. The summed E-state index contributed by atoms with van der Waals surface area (Å²) >= 11 is 0. The largest absolute Gasteiger partial charge is 0.481 e. The number of carboxylic acids is 1. The zero-order valence-corrected chi connectivity index (χ0v) is 13.3. The number of rotatable bonds is 3. The van der Waals surface area contributed by atoms with Crippen LogP contribution >= 0.6 is 0 Å². The van der Waals surface area contributed by atoms with Crippen molar-refractivity contribution in [1.82, 2.24) is 15.1 Å². The van der Waals surface area contributed by atoms with Gasteiger partial charge in [0.25, 0.3) is 0 Å². The third kappa shape index (κ3) is 3.67. The van der Waals surface area contributed by atoms with Crippen LogP contribution in [0.2, 0.25) is 0 Å². The van der Waals surface area contributed by atoms with E-state index in [0.717, 1.165) is 32.2 Å². The summed E-state index contributed by atoms with van der Waals surface area (Å²) in [7, 11) is 2.07. The molecule has 2 fully saturated rings. The predicted molar refractivity (Wildman–Crippen MR) is 80.3 cm³/mol. The Bertz CT molecular complexity index is 416. The molecule has 2 N–H and O–H groups in total. The number of piperazine rings is 1. The molecule has 1 saturated heterocycles. The molecule has 1 aliphatic heterocycles. The van der Waals surface area contributed by atoms with Gasteiger partial charge in [-0.05, 0) is 33.7 Å². The van der Waals surface area contributed by atoms with E-state index in [1.165, 1.54) is 0 Å². The van der Waals surface area contributed by atoms with Gasteiger partial charge in [0.05, 0.1) is 12.0 Å². The van der Waals surface area contributed by atoms with E-state index in [0.29, 0.717) is 13.1 Å². The topological polar surface area (TPSA) is 72.9 Å². The van der Waals surface area contributed by atoms with Crippen molar-refractivity contribution in [3.63, 3.8) is 0 Å². The maximum atomic E-state index is 12.5. The second-order valence-corrected chi connectivity index (χ2v) is 7.14. The van der Waals surface area contributed by atoms with Crippen LogP contribution in [-0.4, -0.2) is 64.7 Å². The van der Waals surface area contributed by atoms with E-state index in [1.54, 1.807) is 0 Å². The molecule has 6 heteroatoms. The maximum absolute atomic E-state index is 12.5. The Balaban J connectivity index is 2.01. The van der Waals surface area contributed by atoms with Gasteiger partial charge in [-0.2, -0.15) is 0 Å². The third-order valence-electron chi connectivity index (χ3n) is 5.03. The summed E-state index contributed by atoms with van der Waals surface area (Å²) in [4.78, 5) is 27.7. The van der Waals surface area contributed by atoms with Crippen LogP contribution in [0.25, 0.3) is 0 Å². The van der Waals surface area contributed by atoms with Crippen LogP contribution in [0, 0.1) is 0 Å². The van der Waals surface area contributed by atoms with Gasteiger partial charge < -0.3 is 15.3 Å². The number of carbonyl (C=O) groups is 2. The monoisotopic (exact) mass is 297 g/mol. The number of likely N-dealkylation sites (N-methyl/N-ethyl adjacent to an activating group) is 1. The first-order chi connectivity index (χ1) is 9.74. The molecule has 21 heavy (non-hydrogen) atoms. The highest BCUT2D eigenvalue weighted by molar-refractivity contribution is 5.77. The fraction of sp³-hybridized carbons (Fsp3) is 0.867. The van der Waals surface area contributed by atoms with Gasteiger partial charge in [0.2, 0.25) is 0 Å². The molecule has 0 spiro atoms. The van der Waals surface area contributed by atoms with Crippen LogP contribution in [0.15, 0.2) is 0 Å². The highest BCUT2D eigenvalue weighted by Gasteiger charge is 2.40. The summed E-state index contributed by atoms with van der Waals surface area (Å²) in [6, 6.07) is -0.112. The number of hydrogen-bond acceptors (Lipinski definition) is 3. The van der Waals surface area contributed by atoms with E-state index in [1.807, 2.05) is 4.90 Å². The lowest BCUT2D eigenvalue weighted by molar-refractivity contribution is -0.138. The summed E-state index contributed by atoms with van der Waals surface area (Å²) in [5, 5.41) is 12.1. The lowest BCUT2D eigenvalue weighted by Crippen LogP contribution is -2.62. The standard InChI is InChI=1S/C15H27N3O3/c1-14(2)11-18(9-8-17(14)3)13(21)16-15(10-12(19)20)6-4-5-7-15/h4-11H2,1-3H3,(H,16,21)(H,19,20). The SMILES string of the molecule is CN1CCN(C(=O)NC2(CC(=O)O)CCCC2)CC1(C)C. The molecule has 0 aromatic rings. The fourth-order valence-electron chi connectivity index (χ4n) is 3.41. The average Bonchev–Trinajstić information content (AvgIpc) is 2.79. The van der Waals surface area contributed by atoms with E-state index in [4.69, 9.17) is 5.11 Å². The lowest BCUT2D eigenvalue weighted by Gasteiger charge is -2.46. The van der Waals surface area contributed by atoms with Crippen LogP contribution in [0.4, 0.5) is 4.79 Å². The summed E-state index contributed by atoms with van der Waals surface area (Å²) in [6.45, 7) is 6.43. The quantitative estimate of drug-likeness (QED) is 0.828. The number of nitrogens with zero attached hydrogens (tertiary/aromatic N) is 2. The fourth-order valence-corrected chi connectivity index (χ4v) is 3.41. The molecule has 1 heterocycles. The Labute approximate surface area is 126 Å². The molecule has 2 amide bonds. The van der Waals surface area contributed by atoms with Crippen molar-refractivity contribution in [2.75, 3.05) is 26.7 Å². The van der Waals surface area contributed by atoms with Crippen molar-refractivity contribution in [3.8, 4) is 0 Å². The first kappa shape index (κ1) is 16.1. The van der Waals surface area contributed by atoms with Crippen molar-refractivity contribution in [3.05, 3.63) is 0 Å². The minimum atomic E-state index is -0.837. The van der Waals surface area contributed by atoms with Gasteiger partial charge in [-0.3, -0.25) is 9.69 Å². The first-order valence-electron chi connectivity index (χ1n) is 7.74. The van der Waals surface area contributed by atoms with Crippen molar-refractivity contribution in [2.45, 2.75) is 57.0 Å². The summed E-state index contributed by atoms with van der Waals surface area (Å²) in [5.74, 6) is -0.837. The molecule has 120 valence electrons. The van der Waals surface area contributed by atoms with E-state index >= 15 is 0 Å². The summed E-state index contributed by atoms with van der Waals surface area (Å²) in [5.41, 5.74) is -0.596. The second-order valence-electron chi connectivity index (χ2n) is 7.14. The van der Waals surface area contributed by atoms with Gasteiger partial charge in [0.1, 0.15) is 0 Å². The minimum absolute atomic E-state index is 0.0237. The third-order valence-corrected chi connectivity index (χ3v) is 5.03. The molecule has 2 rings (SSSR count). The first-order valence-corrected chi connectivity index (χ1v) is 7.74. The van der Waals surface area contributed by atoms with Crippen molar-refractivity contribution >= 4 is 12.0 Å². The molecule has 0 aromatic heterocycles. The Morgan fingerprint density at radius 1 is 1.19 bits per heavy atom. The van der Waals surface area contributed by atoms with Crippen LogP contribution < -0.4 is 5.32 Å². The summed E-state index contributed by atoms with van der Waals surface area (Å²) < 4.78 is 0. The van der Waals surface area contributed by atoms with Crippen LogP contribution in [0.3, 0.4) is 0 Å². The molecule has 0 atom stereocenters. The number of hydrogen-bond donors (Lipinski definition) is 2. The number of carbonyl (C=O) groups excluding carboxylic acids is 1. The van der Waals surface area contributed by atoms with E-state index in [9.17, 15) is 9.59 Å². The molecule has 0 unspecified atom stereocenters. The van der Waals surface area contributed by atoms with Gasteiger partial charge in [-0.25, -0.2) is 4.79 Å². The van der Waals surface area contributed by atoms with Gasteiger partial charge >= 0.3 is 12.0 Å². The van der Waals surface area contributed by atoms with Gasteiger partial charge in [0.15, 0.2) is 0 Å². The molecule has 1 aliphatic carbocycles. The lowest BCUT2D eigenvalue weighted by atomic mass is 9.93. The van der Waals surface area contributed by atoms with E-state index in [2.05, 4.69) is 31.1 Å². The zero-order chi connectivity index (χ0) is 15.7. The molecule has 1 saturated carbocycles. The van der Waals surface area contributed by atoms with Gasteiger partial charge in [0, 0.05) is 25.2 Å². The Morgan fingerprint density at radius 3 is 2.33 bits per heavy atom. The number of nitrogens with one attached hydrogen (secondary N) is 1. The molecule has 0 bridgehead atoms. The second kappa shape index (κ2) is 5.83. The normalized spacial score (nSPS) is 24.8. The molecule has 6 nitrogen and oxygen atoms in total. The number of carboxylic acid groups (broad SMARTS) is 1. The van der Waals surface area contributed by atoms with Crippen LogP contribution in [-0.2, 0) is 4.79 Å². The number of aliphatic carboxylic acids is 1. The molecular formula is C15H27N3O3. The molecule has 0 radical (unpaired) electrons. The number of urea groups is 1. The smallest absolute Gasteiger partial charge is 0.317 e. The maximum Gasteiger partial charge on any atom is 0.317 e. The number of amides is 2. The van der Waals surface area contributed by atoms with Crippen LogP contribution in [0.5, 0.6) is 0 Å². The average molecular weight is 297 g/mol. The molecular weight excluding hydrogens is 270 g/mol. The molecule has 2 aliphatic rings. The van der Waals surface area contributed by atoms with Crippen molar-refractivity contribution in [2.24, 2.45) is 0 Å². The Morgan fingerprint density at radius 2 is 1.81 bits per heavy atom. The van der Waals surface area contributed by atoms with Crippen molar-refractivity contribution in [1.29, 1.82) is 0 Å². The summed E-state index contributed by atoms with van der Waals surface area (Å²) in [6.07, 6.45) is 3.53.